The number of nitrogens with two attached hydrogens (primary N) is 1. The lowest BCUT2D eigenvalue weighted by atomic mass is 10.0. The van der Waals surface area contributed by atoms with Crippen LogP contribution in [0.1, 0.15) is 46.1 Å². The van der Waals surface area contributed by atoms with E-state index in [2.05, 4.69) is 21.3 Å². The van der Waals surface area contributed by atoms with Gasteiger partial charge < -0.3 is 31.9 Å². The molecule has 5 amide bonds. The van der Waals surface area contributed by atoms with Crippen molar-refractivity contribution >= 4 is 29.5 Å². The van der Waals surface area contributed by atoms with Gasteiger partial charge in [-0.15, -0.1) is 0 Å². The molecule has 1 aliphatic rings. The van der Waals surface area contributed by atoms with Gasteiger partial charge in [0.15, 0.2) is 0 Å². The van der Waals surface area contributed by atoms with Crippen LogP contribution in [0.25, 0.3) is 0 Å². The van der Waals surface area contributed by atoms with E-state index >= 15 is 0 Å². The molecular weight excluding hydrogens is 476 g/mol. The maximum absolute atomic E-state index is 13.4. The molecule has 1 fully saturated rings. The van der Waals surface area contributed by atoms with E-state index in [0.29, 0.717) is 12.8 Å². The summed E-state index contributed by atoms with van der Waals surface area (Å²) < 4.78 is 0. The molecule has 4 atom stereocenters. The number of hydrogen-bond donors (Lipinski definition) is 5. The summed E-state index contributed by atoms with van der Waals surface area (Å²) in [5.74, 6) is -2.39. The minimum Gasteiger partial charge on any atom is -0.350 e. The Morgan fingerprint density at radius 1 is 0.973 bits per heavy atom. The number of nitrogens with zero attached hydrogens (tertiary/aromatic N) is 1. The van der Waals surface area contributed by atoms with Gasteiger partial charge in [0.2, 0.25) is 29.5 Å². The smallest absolute Gasteiger partial charge is 0.243 e. The Balaban J connectivity index is 2.43. The van der Waals surface area contributed by atoms with Gasteiger partial charge in [-0.2, -0.15) is 0 Å². The molecule has 0 radical (unpaired) electrons. The first-order chi connectivity index (χ1) is 17.5. The van der Waals surface area contributed by atoms with Gasteiger partial charge in [-0.05, 0) is 31.2 Å². The highest BCUT2D eigenvalue weighted by Gasteiger charge is 2.31. The second kappa shape index (κ2) is 14.3. The molecule has 0 unspecified atom stereocenters. The quantitative estimate of drug-likeness (QED) is 0.341. The molecule has 0 bridgehead atoms. The van der Waals surface area contributed by atoms with Crippen molar-refractivity contribution in [3.05, 3.63) is 35.9 Å². The molecule has 0 saturated carbocycles. The van der Waals surface area contributed by atoms with Gasteiger partial charge in [0.05, 0.1) is 13.1 Å². The van der Waals surface area contributed by atoms with E-state index in [9.17, 15) is 24.0 Å². The second-order valence-electron chi connectivity index (χ2n) is 9.82. The molecule has 37 heavy (non-hydrogen) atoms. The summed E-state index contributed by atoms with van der Waals surface area (Å²) in [5, 5.41) is 11.0. The monoisotopic (exact) mass is 516 g/mol. The standard InChI is InChI=1S/C26H40N6O5/c1-5-19-14-32(23(34)13-27)15-22(33)28-17(4)24(35)30-20(11-16(2)3)26(37)31-21(25(36)29-19)12-18-9-7-6-8-10-18/h6-10,16-17,19-21H,5,11-15,27H2,1-4H3,(H,28,33)(H,29,36)(H,30,35)(H,31,37)/t17-,19+,20+,21+/m1/s1. The first-order valence-corrected chi connectivity index (χ1v) is 12.8. The van der Waals surface area contributed by atoms with Crippen molar-refractivity contribution in [2.24, 2.45) is 11.7 Å². The summed E-state index contributed by atoms with van der Waals surface area (Å²) in [6, 6.07) is 6.02. The van der Waals surface area contributed by atoms with Crippen LogP contribution in [-0.2, 0) is 30.4 Å². The van der Waals surface area contributed by atoms with E-state index < -0.39 is 53.7 Å². The summed E-state index contributed by atoms with van der Waals surface area (Å²) >= 11 is 0. The Morgan fingerprint density at radius 2 is 1.59 bits per heavy atom. The molecule has 0 spiro atoms. The summed E-state index contributed by atoms with van der Waals surface area (Å²) in [6.45, 7) is 6.61. The number of nitrogens with one attached hydrogen (secondary N) is 4. The SMILES string of the molecule is CC[C@H]1CN(C(=O)CN)CC(=O)N[C@H](C)C(=O)N[C@@H](CC(C)C)C(=O)N[C@@H](Cc2ccccc2)C(=O)N1. The van der Waals surface area contributed by atoms with E-state index in [-0.39, 0.29) is 32.0 Å². The summed E-state index contributed by atoms with van der Waals surface area (Å²) in [5.41, 5.74) is 6.40. The molecule has 2 rings (SSSR count). The van der Waals surface area contributed by atoms with Gasteiger partial charge in [-0.1, -0.05) is 51.1 Å². The highest BCUT2D eigenvalue weighted by atomic mass is 16.2. The molecule has 6 N–H and O–H groups in total. The average molecular weight is 517 g/mol. The van der Waals surface area contributed by atoms with Crippen LogP contribution in [0.2, 0.25) is 0 Å². The molecule has 1 aromatic carbocycles. The number of hydrogen-bond acceptors (Lipinski definition) is 6. The van der Waals surface area contributed by atoms with Crippen LogP contribution in [0.15, 0.2) is 30.3 Å². The molecule has 1 heterocycles. The summed E-state index contributed by atoms with van der Waals surface area (Å²) in [6.07, 6.45) is 1.05. The van der Waals surface area contributed by atoms with Gasteiger partial charge in [0.25, 0.3) is 0 Å². The number of rotatable bonds is 6. The third-order valence-corrected chi connectivity index (χ3v) is 6.17. The van der Waals surface area contributed by atoms with Crippen LogP contribution >= 0.6 is 0 Å². The number of carbonyl (C=O) groups is 5. The molecule has 0 aromatic heterocycles. The van der Waals surface area contributed by atoms with Crippen molar-refractivity contribution in [1.29, 1.82) is 0 Å². The minimum atomic E-state index is -0.947. The fourth-order valence-electron chi connectivity index (χ4n) is 4.09. The highest BCUT2D eigenvalue weighted by molar-refractivity contribution is 5.95. The molecule has 204 valence electrons. The zero-order chi connectivity index (χ0) is 27.5. The zero-order valence-corrected chi connectivity index (χ0v) is 22.1. The van der Waals surface area contributed by atoms with Crippen LogP contribution in [0.4, 0.5) is 0 Å². The van der Waals surface area contributed by atoms with Crippen molar-refractivity contribution in [1.82, 2.24) is 26.2 Å². The highest BCUT2D eigenvalue weighted by Crippen LogP contribution is 2.10. The molecule has 11 heteroatoms. The molecule has 0 aliphatic carbocycles. The fourth-order valence-corrected chi connectivity index (χ4v) is 4.09. The van der Waals surface area contributed by atoms with E-state index in [4.69, 9.17) is 5.73 Å². The molecular formula is C26H40N6O5. The van der Waals surface area contributed by atoms with E-state index in [1.807, 2.05) is 51.1 Å². The minimum absolute atomic E-state index is 0.0498. The maximum atomic E-state index is 13.4. The Bertz CT molecular complexity index is 954. The Morgan fingerprint density at radius 3 is 2.19 bits per heavy atom. The van der Waals surface area contributed by atoms with Gasteiger partial charge >= 0.3 is 0 Å². The van der Waals surface area contributed by atoms with Crippen LogP contribution in [0, 0.1) is 5.92 Å². The molecule has 1 aliphatic heterocycles. The third kappa shape index (κ3) is 9.49. The average Bonchev–Trinajstić information content (AvgIpc) is 2.86. The predicted octanol–water partition coefficient (Wildman–Crippen LogP) is -0.555. The van der Waals surface area contributed by atoms with Gasteiger partial charge in [-0.3, -0.25) is 24.0 Å². The van der Waals surface area contributed by atoms with Gasteiger partial charge in [0, 0.05) is 19.0 Å². The largest absolute Gasteiger partial charge is 0.350 e. The lowest BCUT2D eigenvalue weighted by Crippen LogP contribution is -2.57. The van der Waals surface area contributed by atoms with Crippen LogP contribution in [0.3, 0.4) is 0 Å². The number of benzene rings is 1. The van der Waals surface area contributed by atoms with Crippen LogP contribution < -0.4 is 27.0 Å². The van der Waals surface area contributed by atoms with Gasteiger partial charge in [0.1, 0.15) is 18.1 Å². The van der Waals surface area contributed by atoms with Crippen molar-refractivity contribution in [3.63, 3.8) is 0 Å². The number of amides is 5. The summed E-state index contributed by atoms with van der Waals surface area (Å²) in [4.78, 5) is 66.0. The first-order valence-electron chi connectivity index (χ1n) is 12.8. The molecule has 11 nitrogen and oxygen atoms in total. The zero-order valence-electron chi connectivity index (χ0n) is 22.1. The normalized spacial score (nSPS) is 24.3. The van der Waals surface area contributed by atoms with Crippen LogP contribution in [0.5, 0.6) is 0 Å². The van der Waals surface area contributed by atoms with Crippen molar-refractivity contribution in [2.75, 3.05) is 19.6 Å². The van der Waals surface area contributed by atoms with Crippen molar-refractivity contribution in [3.8, 4) is 0 Å². The lowest BCUT2D eigenvalue weighted by Gasteiger charge is -2.29. The number of carbonyl (C=O) groups excluding carboxylic acids is 5. The van der Waals surface area contributed by atoms with E-state index in [1.165, 1.54) is 11.8 Å². The van der Waals surface area contributed by atoms with Crippen LogP contribution in [-0.4, -0.2) is 78.2 Å². The fraction of sp³-hybridized carbons (Fsp3) is 0.577. The van der Waals surface area contributed by atoms with Gasteiger partial charge in [-0.25, -0.2) is 0 Å². The van der Waals surface area contributed by atoms with E-state index in [0.717, 1.165) is 5.56 Å². The lowest BCUT2D eigenvalue weighted by molar-refractivity contribution is -0.136. The Labute approximate surface area is 218 Å². The maximum Gasteiger partial charge on any atom is 0.243 e. The topological polar surface area (TPSA) is 163 Å². The molecule has 1 saturated heterocycles. The van der Waals surface area contributed by atoms with Crippen molar-refractivity contribution in [2.45, 2.75) is 71.1 Å². The summed E-state index contributed by atoms with van der Waals surface area (Å²) in [7, 11) is 0. The first kappa shape index (κ1) is 29.8. The Hall–Kier alpha value is -3.47. The predicted molar refractivity (Wildman–Crippen MR) is 139 cm³/mol. The Kier molecular flexibility index (Phi) is 11.5. The van der Waals surface area contributed by atoms with Crippen molar-refractivity contribution < 1.29 is 24.0 Å². The molecule has 1 aromatic rings. The second-order valence-corrected chi connectivity index (χ2v) is 9.82. The third-order valence-electron chi connectivity index (χ3n) is 6.17. The van der Waals surface area contributed by atoms with E-state index in [1.54, 1.807) is 0 Å².